The molecule has 168 valence electrons. The molecule has 0 bridgehead atoms. The Kier molecular flexibility index (Phi) is 7.09. The molecule has 0 atom stereocenters. The van der Waals surface area contributed by atoms with Gasteiger partial charge in [0, 0.05) is 42.1 Å². The Hall–Kier alpha value is -2.87. The van der Waals surface area contributed by atoms with Gasteiger partial charge >= 0.3 is 0 Å². The van der Waals surface area contributed by atoms with Crippen LogP contribution in [0.4, 0.5) is 11.6 Å². The van der Waals surface area contributed by atoms with Crippen LogP contribution in [0.1, 0.15) is 44.6 Å². The van der Waals surface area contributed by atoms with E-state index in [1.54, 1.807) is 13.0 Å². The number of carbonyl (C=O) groups excluding carboxylic acids is 1. The minimum Gasteiger partial charge on any atom is -0.402 e. The van der Waals surface area contributed by atoms with E-state index < -0.39 is 0 Å². The number of nitrogens with two attached hydrogens (primary N) is 2. The van der Waals surface area contributed by atoms with Gasteiger partial charge in [-0.05, 0) is 74.6 Å². The summed E-state index contributed by atoms with van der Waals surface area (Å²) in [5.74, 6) is 2.34. The van der Waals surface area contributed by atoms with Gasteiger partial charge < -0.3 is 16.4 Å². The Labute approximate surface area is 193 Å². The van der Waals surface area contributed by atoms with Gasteiger partial charge in [0.1, 0.15) is 17.4 Å². The maximum atomic E-state index is 12.1. The highest BCUT2D eigenvalue weighted by molar-refractivity contribution is 7.99. The second-order valence-corrected chi connectivity index (χ2v) is 9.54. The molecule has 0 amide bonds. The molecule has 4 rings (SSSR count). The zero-order valence-corrected chi connectivity index (χ0v) is 19.3. The Morgan fingerprint density at radius 2 is 1.88 bits per heavy atom. The molecule has 2 heterocycles. The van der Waals surface area contributed by atoms with Crippen LogP contribution in [0.15, 0.2) is 57.1 Å². The maximum Gasteiger partial charge on any atom is 0.196 e. The van der Waals surface area contributed by atoms with E-state index in [9.17, 15) is 4.79 Å². The van der Waals surface area contributed by atoms with Crippen LogP contribution < -0.4 is 16.4 Å². The quantitative estimate of drug-likeness (QED) is 0.355. The van der Waals surface area contributed by atoms with Crippen molar-refractivity contribution in [1.82, 2.24) is 9.97 Å². The molecule has 1 aliphatic heterocycles. The molecule has 2 aliphatic rings. The summed E-state index contributed by atoms with van der Waals surface area (Å²) in [7, 11) is 0. The first-order valence-corrected chi connectivity index (χ1v) is 12.0. The Morgan fingerprint density at radius 1 is 1.16 bits per heavy atom. The number of hydrogen-bond donors (Lipinski definition) is 2. The van der Waals surface area contributed by atoms with Crippen molar-refractivity contribution in [2.45, 2.75) is 55.5 Å². The standard InChI is InChI=1S/C24H30N6OS/c1-16(25)13-21(26)27-22-15-23(30-11-3-2-4-12-30)29-24(28-22)32-19-9-5-17(6-10-19)14-20(31)18-7-8-18/h5-6,9-10,13,15,18H,2-4,7-8,11-12,14,25H2,1H3,(H2,26,27,28,29). The number of piperidine rings is 1. The number of allylic oxidation sites excluding steroid dienone is 1. The first kappa shape index (κ1) is 22.3. The van der Waals surface area contributed by atoms with Crippen molar-refractivity contribution >= 4 is 35.0 Å². The van der Waals surface area contributed by atoms with E-state index in [1.807, 2.05) is 30.3 Å². The minimum atomic E-state index is 0.291. The first-order chi connectivity index (χ1) is 15.5. The number of amidine groups is 1. The number of Topliss-reactive ketones (excluding diaryl/α,β-unsaturated/α-hetero) is 1. The van der Waals surface area contributed by atoms with E-state index in [4.69, 9.17) is 16.5 Å². The van der Waals surface area contributed by atoms with E-state index in [-0.39, 0.29) is 0 Å². The third kappa shape index (κ3) is 6.32. The molecule has 7 nitrogen and oxygen atoms in total. The van der Waals surface area contributed by atoms with Crippen LogP contribution in [0.5, 0.6) is 0 Å². The van der Waals surface area contributed by atoms with Gasteiger partial charge in [-0.25, -0.2) is 15.0 Å². The summed E-state index contributed by atoms with van der Waals surface area (Å²) >= 11 is 1.48. The van der Waals surface area contributed by atoms with Crippen LogP contribution in [-0.2, 0) is 11.2 Å². The SMILES string of the molecule is CC(N)=CC(N)=Nc1cc(N2CCCCC2)nc(Sc2ccc(CC(=O)C3CC3)cc2)n1. The fourth-order valence-electron chi connectivity index (χ4n) is 3.72. The third-order valence-corrected chi connectivity index (χ3v) is 6.39. The van der Waals surface area contributed by atoms with Crippen molar-refractivity contribution in [1.29, 1.82) is 0 Å². The van der Waals surface area contributed by atoms with Crippen molar-refractivity contribution in [3.8, 4) is 0 Å². The highest BCUT2D eigenvalue weighted by Gasteiger charge is 2.29. The molecule has 1 aromatic carbocycles. The van der Waals surface area contributed by atoms with Crippen LogP contribution >= 0.6 is 11.8 Å². The van der Waals surface area contributed by atoms with E-state index in [0.717, 1.165) is 55.0 Å². The fourth-order valence-corrected chi connectivity index (χ4v) is 4.48. The predicted octanol–water partition coefficient (Wildman–Crippen LogP) is 3.99. The molecule has 1 aliphatic carbocycles. The Morgan fingerprint density at radius 3 is 2.53 bits per heavy atom. The van der Waals surface area contributed by atoms with Gasteiger partial charge in [0.2, 0.25) is 0 Å². The van der Waals surface area contributed by atoms with E-state index in [0.29, 0.717) is 40.6 Å². The Bertz CT molecular complexity index is 1020. The van der Waals surface area contributed by atoms with Gasteiger partial charge in [0.15, 0.2) is 11.0 Å². The molecular weight excluding hydrogens is 420 g/mol. The fraction of sp³-hybridized carbons (Fsp3) is 0.417. The molecule has 4 N–H and O–H groups in total. The van der Waals surface area contributed by atoms with E-state index in [1.165, 1.54) is 18.2 Å². The summed E-state index contributed by atoms with van der Waals surface area (Å²) in [6, 6.07) is 9.96. The van der Waals surface area contributed by atoms with Gasteiger partial charge in [0.25, 0.3) is 0 Å². The average Bonchev–Trinajstić information content (AvgIpc) is 3.60. The number of aromatic nitrogens is 2. The van der Waals surface area contributed by atoms with Crippen LogP contribution in [0.25, 0.3) is 0 Å². The third-order valence-electron chi connectivity index (χ3n) is 5.52. The van der Waals surface area contributed by atoms with Gasteiger partial charge in [-0.1, -0.05) is 12.1 Å². The minimum absolute atomic E-state index is 0.291. The molecule has 1 saturated carbocycles. The molecule has 32 heavy (non-hydrogen) atoms. The zero-order valence-electron chi connectivity index (χ0n) is 18.5. The molecule has 2 fully saturated rings. The molecule has 1 saturated heterocycles. The van der Waals surface area contributed by atoms with Gasteiger partial charge in [-0.15, -0.1) is 0 Å². The molecule has 2 aromatic rings. The Balaban J connectivity index is 1.55. The molecule has 1 aromatic heterocycles. The summed E-state index contributed by atoms with van der Waals surface area (Å²) in [5.41, 5.74) is 13.4. The number of ketones is 1. The smallest absolute Gasteiger partial charge is 0.196 e. The monoisotopic (exact) mass is 450 g/mol. The van der Waals surface area contributed by atoms with Crippen LogP contribution in [-0.4, -0.2) is 34.7 Å². The second-order valence-electron chi connectivity index (χ2n) is 8.50. The lowest BCUT2D eigenvalue weighted by atomic mass is 10.1. The summed E-state index contributed by atoms with van der Waals surface area (Å²) in [6.07, 6.45) is 7.80. The maximum absolute atomic E-state index is 12.1. The number of carbonyl (C=O) groups is 1. The summed E-state index contributed by atoms with van der Waals surface area (Å²) in [4.78, 5) is 29.2. The lowest BCUT2D eigenvalue weighted by Crippen LogP contribution is -2.30. The van der Waals surface area contributed by atoms with Gasteiger partial charge in [0.05, 0.1) is 0 Å². The largest absolute Gasteiger partial charge is 0.402 e. The van der Waals surface area contributed by atoms with Crippen LogP contribution in [0.3, 0.4) is 0 Å². The molecule has 0 radical (unpaired) electrons. The lowest BCUT2D eigenvalue weighted by molar-refractivity contribution is -0.119. The van der Waals surface area contributed by atoms with E-state index in [2.05, 4.69) is 14.9 Å². The van der Waals surface area contributed by atoms with E-state index >= 15 is 0 Å². The number of nitrogens with zero attached hydrogens (tertiary/aromatic N) is 4. The zero-order chi connectivity index (χ0) is 22.5. The van der Waals surface area contributed by atoms with Crippen molar-refractivity contribution in [3.05, 3.63) is 47.7 Å². The number of rotatable bonds is 8. The summed E-state index contributed by atoms with van der Waals surface area (Å²) in [6.45, 7) is 3.72. The summed E-state index contributed by atoms with van der Waals surface area (Å²) in [5, 5.41) is 0.620. The second kappa shape index (κ2) is 10.2. The van der Waals surface area contributed by atoms with Crippen LogP contribution in [0, 0.1) is 5.92 Å². The highest BCUT2D eigenvalue weighted by atomic mass is 32.2. The van der Waals surface area contributed by atoms with Crippen molar-refractivity contribution < 1.29 is 4.79 Å². The topological polar surface area (TPSA) is 110 Å². The molecule has 0 unspecified atom stereocenters. The van der Waals surface area contributed by atoms with Crippen molar-refractivity contribution in [2.75, 3.05) is 18.0 Å². The number of hydrogen-bond acceptors (Lipinski definition) is 7. The van der Waals surface area contributed by atoms with Gasteiger partial charge in [-0.3, -0.25) is 4.79 Å². The highest BCUT2D eigenvalue weighted by Crippen LogP contribution is 2.32. The molecule has 0 spiro atoms. The van der Waals surface area contributed by atoms with Crippen molar-refractivity contribution in [2.24, 2.45) is 22.4 Å². The number of benzene rings is 1. The molecule has 8 heteroatoms. The average molecular weight is 451 g/mol. The number of anilines is 1. The molecular formula is C24H30N6OS. The van der Waals surface area contributed by atoms with Crippen molar-refractivity contribution in [3.63, 3.8) is 0 Å². The predicted molar refractivity (Wildman–Crippen MR) is 129 cm³/mol. The number of aliphatic imine (C=N–C) groups is 1. The summed E-state index contributed by atoms with van der Waals surface area (Å²) < 4.78 is 0. The lowest BCUT2D eigenvalue weighted by Gasteiger charge is -2.27. The normalized spacial score (nSPS) is 17.5. The van der Waals surface area contributed by atoms with Gasteiger partial charge in [-0.2, -0.15) is 0 Å². The van der Waals surface area contributed by atoms with Crippen LogP contribution in [0.2, 0.25) is 0 Å². The first-order valence-electron chi connectivity index (χ1n) is 11.2.